The number of amides is 1. The molecule has 0 spiro atoms. The van der Waals surface area contributed by atoms with Crippen LogP contribution in [-0.2, 0) is 0 Å². The van der Waals surface area contributed by atoms with Gasteiger partial charge in [-0.1, -0.05) is 18.5 Å². The predicted molar refractivity (Wildman–Crippen MR) is 83.3 cm³/mol. The first kappa shape index (κ1) is 16.1. The molecule has 0 aliphatic heterocycles. The fourth-order valence-corrected chi connectivity index (χ4v) is 2.45. The second-order valence-corrected chi connectivity index (χ2v) is 5.65. The van der Waals surface area contributed by atoms with Gasteiger partial charge in [-0.2, -0.15) is 11.8 Å². The molecule has 0 aliphatic rings. The SMILES string of the molecule is CCNc1ccc(Cl)c(C(=O)NCC(C)CSC)n1. The van der Waals surface area contributed by atoms with Crippen LogP contribution in [0.2, 0.25) is 5.02 Å². The van der Waals surface area contributed by atoms with Crippen molar-refractivity contribution in [1.29, 1.82) is 0 Å². The molecular formula is C13H20ClN3OS. The second kappa shape index (κ2) is 8.27. The summed E-state index contributed by atoms with van der Waals surface area (Å²) >= 11 is 7.78. The van der Waals surface area contributed by atoms with Crippen molar-refractivity contribution in [3.63, 3.8) is 0 Å². The van der Waals surface area contributed by atoms with E-state index in [2.05, 4.69) is 28.8 Å². The zero-order valence-corrected chi connectivity index (χ0v) is 13.1. The highest BCUT2D eigenvalue weighted by molar-refractivity contribution is 7.98. The van der Waals surface area contributed by atoms with E-state index in [9.17, 15) is 4.79 Å². The Hall–Kier alpha value is -0.940. The Morgan fingerprint density at radius 2 is 2.26 bits per heavy atom. The summed E-state index contributed by atoms with van der Waals surface area (Å²) in [5.74, 6) is 1.88. The molecule has 0 aromatic carbocycles. The lowest BCUT2D eigenvalue weighted by molar-refractivity contribution is 0.0944. The van der Waals surface area contributed by atoms with Crippen molar-refractivity contribution in [3.8, 4) is 0 Å². The Kier molecular flexibility index (Phi) is 7.02. The molecule has 19 heavy (non-hydrogen) atoms. The number of thioether (sulfide) groups is 1. The molecule has 0 aliphatic carbocycles. The normalized spacial score (nSPS) is 12.0. The second-order valence-electron chi connectivity index (χ2n) is 4.33. The first-order valence-corrected chi connectivity index (χ1v) is 8.03. The van der Waals surface area contributed by atoms with Crippen LogP contribution in [0.3, 0.4) is 0 Å². The third-order valence-corrected chi connectivity index (χ3v) is 3.69. The van der Waals surface area contributed by atoms with Crippen LogP contribution >= 0.6 is 23.4 Å². The maximum Gasteiger partial charge on any atom is 0.271 e. The average molecular weight is 302 g/mol. The van der Waals surface area contributed by atoms with Gasteiger partial charge in [0.15, 0.2) is 0 Å². The summed E-state index contributed by atoms with van der Waals surface area (Å²) < 4.78 is 0. The predicted octanol–water partition coefficient (Wildman–Crippen LogP) is 2.90. The molecular weight excluding hydrogens is 282 g/mol. The van der Waals surface area contributed by atoms with E-state index in [1.54, 1.807) is 23.9 Å². The van der Waals surface area contributed by atoms with Gasteiger partial charge in [0.1, 0.15) is 11.5 Å². The fraction of sp³-hybridized carbons (Fsp3) is 0.538. The van der Waals surface area contributed by atoms with Crippen LogP contribution < -0.4 is 10.6 Å². The number of carbonyl (C=O) groups is 1. The van der Waals surface area contributed by atoms with Crippen molar-refractivity contribution in [2.24, 2.45) is 5.92 Å². The maximum atomic E-state index is 12.0. The van der Waals surface area contributed by atoms with E-state index < -0.39 is 0 Å². The lowest BCUT2D eigenvalue weighted by Crippen LogP contribution is -2.30. The van der Waals surface area contributed by atoms with Gasteiger partial charge in [0.25, 0.3) is 5.91 Å². The molecule has 6 heteroatoms. The molecule has 106 valence electrons. The highest BCUT2D eigenvalue weighted by Crippen LogP contribution is 2.16. The van der Waals surface area contributed by atoms with Crippen molar-refractivity contribution in [2.75, 3.05) is 30.4 Å². The van der Waals surface area contributed by atoms with Crippen LogP contribution in [0, 0.1) is 5.92 Å². The summed E-state index contributed by atoms with van der Waals surface area (Å²) in [4.78, 5) is 16.3. The number of carbonyl (C=O) groups excluding carboxylic acids is 1. The standard InChI is InChI=1S/C13H20ClN3OS/c1-4-15-11-6-5-10(14)12(17-11)13(18)16-7-9(2)8-19-3/h5-6,9H,4,7-8H2,1-3H3,(H,15,17)(H,16,18). The van der Waals surface area contributed by atoms with E-state index in [4.69, 9.17) is 11.6 Å². The van der Waals surface area contributed by atoms with Crippen LogP contribution in [0.25, 0.3) is 0 Å². The zero-order valence-electron chi connectivity index (χ0n) is 11.5. The molecule has 0 saturated heterocycles. The van der Waals surface area contributed by atoms with Crippen LogP contribution in [0.1, 0.15) is 24.3 Å². The van der Waals surface area contributed by atoms with Gasteiger partial charge < -0.3 is 10.6 Å². The smallest absolute Gasteiger partial charge is 0.271 e. The number of nitrogens with one attached hydrogen (secondary N) is 2. The number of nitrogens with zero attached hydrogens (tertiary/aromatic N) is 1. The number of aromatic nitrogens is 1. The molecule has 1 unspecified atom stereocenters. The van der Waals surface area contributed by atoms with Crippen molar-refractivity contribution in [1.82, 2.24) is 10.3 Å². The first-order valence-electron chi connectivity index (χ1n) is 6.26. The average Bonchev–Trinajstić information content (AvgIpc) is 2.39. The minimum atomic E-state index is -0.224. The summed E-state index contributed by atoms with van der Waals surface area (Å²) in [5, 5.41) is 6.30. The molecule has 1 heterocycles. The van der Waals surface area contributed by atoms with Crippen molar-refractivity contribution >= 4 is 35.1 Å². The number of rotatable bonds is 7. The van der Waals surface area contributed by atoms with Gasteiger partial charge in [0.05, 0.1) is 5.02 Å². The number of halogens is 1. The third-order valence-electron chi connectivity index (χ3n) is 2.48. The summed E-state index contributed by atoms with van der Waals surface area (Å²) in [6.07, 6.45) is 2.05. The van der Waals surface area contributed by atoms with Gasteiger partial charge in [-0.3, -0.25) is 4.79 Å². The molecule has 0 fully saturated rings. The molecule has 4 nitrogen and oxygen atoms in total. The highest BCUT2D eigenvalue weighted by Gasteiger charge is 2.13. The lowest BCUT2D eigenvalue weighted by atomic mass is 10.2. The van der Waals surface area contributed by atoms with Gasteiger partial charge in [0, 0.05) is 13.1 Å². The van der Waals surface area contributed by atoms with E-state index in [1.165, 1.54) is 0 Å². The zero-order chi connectivity index (χ0) is 14.3. The monoisotopic (exact) mass is 301 g/mol. The topological polar surface area (TPSA) is 54.0 Å². The maximum absolute atomic E-state index is 12.0. The Morgan fingerprint density at radius 3 is 2.89 bits per heavy atom. The van der Waals surface area contributed by atoms with E-state index >= 15 is 0 Å². The van der Waals surface area contributed by atoms with Gasteiger partial charge in [-0.15, -0.1) is 0 Å². The molecule has 2 N–H and O–H groups in total. The van der Waals surface area contributed by atoms with Crippen LogP contribution in [0.4, 0.5) is 5.82 Å². The summed E-state index contributed by atoms with van der Waals surface area (Å²) in [7, 11) is 0. The van der Waals surface area contributed by atoms with Gasteiger partial charge in [0.2, 0.25) is 0 Å². The third kappa shape index (κ3) is 5.28. The number of pyridine rings is 1. The minimum absolute atomic E-state index is 0.224. The minimum Gasteiger partial charge on any atom is -0.370 e. The van der Waals surface area contributed by atoms with Gasteiger partial charge in [-0.25, -0.2) is 4.98 Å². The van der Waals surface area contributed by atoms with Crippen LogP contribution in [0.15, 0.2) is 12.1 Å². The van der Waals surface area contributed by atoms with E-state index in [0.717, 1.165) is 12.3 Å². The van der Waals surface area contributed by atoms with E-state index in [1.807, 2.05) is 6.92 Å². The summed E-state index contributed by atoms with van der Waals surface area (Å²) in [6, 6.07) is 3.45. The Bertz CT molecular complexity index is 428. The Morgan fingerprint density at radius 1 is 1.53 bits per heavy atom. The van der Waals surface area contributed by atoms with Crippen molar-refractivity contribution in [2.45, 2.75) is 13.8 Å². The lowest BCUT2D eigenvalue weighted by Gasteiger charge is -2.12. The highest BCUT2D eigenvalue weighted by atomic mass is 35.5. The summed E-state index contributed by atoms with van der Waals surface area (Å²) in [5.41, 5.74) is 0.275. The molecule has 1 rings (SSSR count). The molecule has 0 radical (unpaired) electrons. The van der Waals surface area contributed by atoms with Gasteiger partial charge >= 0.3 is 0 Å². The molecule has 0 saturated carbocycles. The molecule has 1 amide bonds. The largest absolute Gasteiger partial charge is 0.370 e. The van der Waals surface area contributed by atoms with Crippen molar-refractivity contribution in [3.05, 3.63) is 22.8 Å². The van der Waals surface area contributed by atoms with Crippen LogP contribution in [0.5, 0.6) is 0 Å². The fourth-order valence-electron chi connectivity index (χ4n) is 1.58. The number of anilines is 1. The molecule has 1 aromatic heterocycles. The van der Waals surface area contributed by atoms with Crippen molar-refractivity contribution < 1.29 is 4.79 Å². The summed E-state index contributed by atoms with van der Waals surface area (Å²) in [6.45, 7) is 5.45. The van der Waals surface area contributed by atoms with E-state index in [0.29, 0.717) is 23.3 Å². The molecule has 0 bridgehead atoms. The number of hydrogen-bond acceptors (Lipinski definition) is 4. The van der Waals surface area contributed by atoms with E-state index in [-0.39, 0.29) is 11.6 Å². The number of hydrogen-bond donors (Lipinski definition) is 2. The first-order chi connectivity index (χ1) is 9.08. The Labute approximate surface area is 123 Å². The Balaban J connectivity index is 2.67. The molecule has 1 aromatic rings. The van der Waals surface area contributed by atoms with Crippen LogP contribution in [-0.4, -0.2) is 36.0 Å². The quantitative estimate of drug-likeness (QED) is 0.813. The van der Waals surface area contributed by atoms with Gasteiger partial charge in [-0.05, 0) is 37.0 Å². The molecule has 1 atom stereocenters.